The molecule has 6 nitrogen and oxygen atoms in total. The Balaban J connectivity index is 1.55. The van der Waals surface area contributed by atoms with E-state index in [4.69, 9.17) is 14.3 Å². The third-order valence-electron chi connectivity index (χ3n) is 5.77. The first-order valence-corrected chi connectivity index (χ1v) is 11.7. The molecule has 1 aromatic heterocycles. The number of aliphatic carboxylic acids is 1. The van der Waals surface area contributed by atoms with E-state index < -0.39 is 29.2 Å². The second kappa shape index (κ2) is 11.6. The maximum atomic E-state index is 14.4. The van der Waals surface area contributed by atoms with E-state index in [0.717, 1.165) is 0 Å². The van der Waals surface area contributed by atoms with Crippen LogP contribution in [-0.4, -0.2) is 22.2 Å². The summed E-state index contributed by atoms with van der Waals surface area (Å²) in [6.07, 6.45) is 0.957. The highest BCUT2D eigenvalue weighted by Gasteiger charge is 2.20. The first kappa shape index (κ1) is 25.8. The van der Waals surface area contributed by atoms with Crippen molar-refractivity contribution in [3.05, 3.63) is 100 Å². The monoisotopic (exact) mass is 511 g/mol. The fourth-order valence-corrected chi connectivity index (χ4v) is 3.97. The van der Waals surface area contributed by atoms with Crippen LogP contribution in [0.1, 0.15) is 24.8 Å². The lowest BCUT2D eigenvalue weighted by molar-refractivity contribution is -0.137. The predicted octanol–water partition coefficient (Wildman–Crippen LogP) is 6.07. The molecule has 1 heterocycles. The van der Waals surface area contributed by atoms with Crippen LogP contribution >= 0.6 is 0 Å². The van der Waals surface area contributed by atoms with Crippen molar-refractivity contribution in [1.29, 1.82) is 0 Å². The highest BCUT2D eigenvalue weighted by molar-refractivity contribution is 5.77. The fraction of sp³-hybridized carbons (Fsp3) is 0.214. The van der Waals surface area contributed by atoms with E-state index in [0.29, 0.717) is 41.0 Å². The smallest absolute Gasteiger partial charge is 0.419 e. The number of halogens is 3. The van der Waals surface area contributed by atoms with E-state index in [1.54, 1.807) is 6.07 Å². The van der Waals surface area contributed by atoms with Gasteiger partial charge in [-0.1, -0.05) is 0 Å². The molecule has 4 rings (SSSR count). The molecular weight excluding hydrogens is 487 g/mol. The summed E-state index contributed by atoms with van der Waals surface area (Å²) >= 11 is 0. The van der Waals surface area contributed by atoms with Gasteiger partial charge in [0.05, 0.1) is 12.3 Å². The average molecular weight is 511 g/mol. The molecule has 0 aliphatic heterocycles. The number of nitrogens with zero attached hydrogens (tertiary/aromatic N) is 1. The summed E-state index contributed by atoms with van der Waals surface area (Å²) in [4.78, 5) is 23.4. The maximum absolute atomic E-state index is 14.4. The number of aromatic nitrogens is 1. The van der Waals surface area contributed by atoms with Crippen molar-refractivity contribution in [2.45, 2.75) is 32.2 Å². The van der Waals surface area contributed by atoms with Crippen LogP contribution in [-0.2, 0) is 17.8 Å². The van der Waals surface area contributed by atoms with Crippen LogP contribution in [0.2, 0.25) is 0 Å². The van der Waals surface area contributed by atoms with Crippen molar-refractivity contribution in [3.63, 3.8) is 0 Å². The van der Waals surface area contributed by atoms with Crippen molar-refractivity contribution in [3.8, 4) is 28.3 Å². The van der Waals surface area contributed by atoms with Crippen LogP contribution in [0.3, 0.4) is 0 Å². The number of ether oxygens (including phenoxy) is 1. The van der Waals surface area contributed by atoms with Gasteiger partial charge in [0.2, 0.25) is 0 Å². The van der Waals surface area contributed by atoms with Crippen LogP contribution in [0.4, 0.5) is 13.2 Å². The molecule has 0 saturated heterocycles. The van der Waals surface area contributed by atoms with E-state index in [-0.39, 0.29) is 31.8 Å². The lowest BCUT2D eigenvalue weighted by Crippen LogP contribution is -2.16. The third kappa shape index (κ3) is 6.49. The molecule has 0 radical (unpaired) electrons. The number of carbonyl (C=O) groups is 1. The number of oxazole rings is 1. The lowest BCUT2D eigenvalue weighted by atomic mass is 10.0. The first-order valence-electron chi connectivity index (χ1n) is 11.7. The summed E-state index contributed by atoms with van der Waals surface area (Å²) in [5, 5.41) is 8.72. The molecule has 0 fully saturated rings. The number of carboxylic acid groups (broad SMARTS) is 1. The summed E-state index contributed by atoms with van der Waals surface area (Å²) in [6.45, 7) is 0.369. The van der Waals surface area contributed by atoms with Crippen LogP contribution in [0, 0.1) is 17.5 Å². The van der Waals surface area contributed by atoms with Gasteiger partial charge in [0.1, 0.15) is 23.2 Å². The summed E-state index contributed by atoms with van der Waals surface area (Å²) in [5.74, 6) is -2.22. The number of rotatable bonds is 11. The minimum absolute atomic E-state index is 0.0240. The molecule has 0 saturated carbocycles. The topological polar surface area (TPSA) is 81.7 Å². The molecule has 0 unspecified atom stereocenters. The summed E-state index contributed by atoms with van der Waals surface area (Å²) in [7, 11) is 0. The Morgan fingerprint density at radius 1 is 0.892 bits per heavy atom. The number of carboxylic acids is 1. The zero-order valence-electron chi connectivity index (χ0n) is 19.8. The van der Waals surface area contributed by atoms with Gasteiger partial charge in [0.25, 0.3) is 0 Å². The van der Waals surface area contributed by atoms with Gasteiger partial charge >= 0.3 is 11.7 Å². The van der Waals surface area contributed by atoms with Gasteiger partial charge in [-0.25, -0.2) is 18.0 Å². The largest absolute Gasteiger partial charge is 0.494 e. The zero-order chi connectivity index (χ0) is 26.4. The molecule has 0 atom stereocenters. The van der Waals surface area contributed by atoms with E-state index in [2.05, 4.69) is 0 Å². The average Bonchev–Trinajstić information content (AvgIpc) is 3.20. The summed E-state index contributed by atoms with van der Waals surface area (Å²) in [5.41, 5.74) is 1.81. The highest BCUT2D eigenvalue weighted by Crippen LogP contribution is 2.32. The van der Waals surface area contributed by atoms with E-state index in [1.807, 2.05) is 0 Å². The molecule has 0 spiro atoms. The molecule has 0 aliphatic rings. The summed E-state index contributed by atoms with van der Waals surface area (Å²) < 4.78 is 53.9. The lowest BCUT2D eigenvalue weighted by Gasteiger charge is -2.11. The fourth-order valence-electron chi connectivity index (χ4n) is 3.97. The Hall–Kier alpha value is -4.27. The SMILES string of the molecule is O=C(O)CCCOc1ccc(F)c(CCCn2c(-c3ccc(F)cc3)c(-c3ccc(F)cc3)oc2=O)c1. The van der Waals surface area contributed by atoms with Crippen LogP contribution in [0.25, 0.3) is 22.6 Å². The Labute approximate surface area is 210 Å². The first-order chi connectivity index (χ1) is 17.8. The molecule has 9 heteroatoms. The van der Waals surface area contributed by atoms with Gasteiger partial charge < -0.3 is 14.3 Å². The maximum Gasteiger partial charge on any atom is 0.419 e. The molecule has 37 heavy (non-hydrogen) atoms. The minimum atomic E-state index is -0.916. The Bertz CT molecular complexity index is 1430. The van der Waals surface area contributed by atoms with Gasteiger partial charge in [0.15, 0.2) is 5.76 Å². The Kier molecular flexibility index (Phi) is 8.12. The van der Waals surface area contributed by atoms with Crippen LogP contribution < -0.4 is 10.5 Å². The zero-order valence-corrected chi connectivity index (χ0v) is 19.8. The van der Waals surface area contributed by atoms with E-state index in [9.17, 15) is 22.8 Å². The van der Waals surface area contributed by atoms with Crippen molar-refractivity contribution in [2.24, 2.45) is 0 Å². The molecule has 1 N–H and O–H groups in total. The Morgan fingerprint density at radius 3 is 2.19 bits per heavy atom. The number of benzene rings is 3. The molecule has 4 aromatic rings. The molecule has 0 bridgehead atoms. The van der Waals surface area contributed by atoms with Gasteiger partial charge in [-0.3, -0.25) is 9.36 Å². The van der Waals surface area contributed by atoms with Crippen LogP contribution in [0.5, 0.6) is 5.75 Å². The van der Waals surface area contributed by atoms with Gasteiger partial charge in [-0.05, 0) is 91.6 Å². The van der Waals surface area contributed by atoms with Crippen LogP contribution in [0.15, 0.2) is 75.9 Å². The summed E-state index contributed by atoms with van der Waals surface area (Å²) in [6, 6.07) is 15.4. The van der Waals surface area contributed by atoms with E-state index >= 15 is 0 Å². The molecule has 0 aliphatic carbocycles. The van der Waals surface area contributed by atoms with Crippen molar-refractivity contribution in [1.82, 2.24) is 4.57 Å². The quantitative estimate of drug-likeness (QED) is 0.247. The van der Waals surface area contributed by atoms with Crippen molar-refractivity contribution in [2.75, 3.05) is 6.61 Å². The minimum Gasteiger partial charge on any atom is -0.494 e. The third-order valence-corrected chi connectivity index (χ3v) is 5.77. The standard InChI is InChI=1S/C28H24F3NO5/c29-21-9-5-18(6-10-21)26-27(19-7-11-22(30)12-8-19)37-28(35)32(26)15-1-3-20-17-23(13-14-24(20)31)36-16-2-4-25(33)34/h5-14,17H,1-4,15-16H2,(H,33,34). The number of hydrogen-bond acceptors (Lipinski definition) is 4. The Morgan fingerprint density at radius 2 is 1.54 bits per heavy atom. The van der Waals surface area contributed by atoms with E-state index in [1.165, 1.54) is 65.2 Å². The van der Waals surface area contributed by atoms with Crippen molar-refractivity contribution >= 4 is 5.97 Å². The number of hydrogen-bond donors (Lipinski definition) is 1. The van der Waals surface area contributed by atoms with Gasteiger partial charge in [-0.15, -0.1) is 0 Å². The normalized spacial score (nSPS) is 11.0. The highest BCUT2D eigenvalue weighted by atomic mass is 19.1. The predicted molar refractivity (Wildman–Crippen MR) is 131 cm³/mol. The van der Waals surface area contributed by atoms with Gasteiger partial charge in [0, 0.05) is 24.1 Å². The molecule has 3 aromatic carbocycles. The second-order valence-corrected chi connectivity index (χ2v) is 8.41. The number of aryl methyl sites for hydroxylation is 1. The molecule has 0 amide bonds. The second-order valence-electron chi connectivity index (χ2n) is 8.41. The molecule has 192 valence electrons. The van der Waals surface area contributed by atoms with Gasteiger partial charge in [-0.2, -0.15) is 0 Å². The van der Waals surface area contributed by atoms with Crippen molar-refractivity contribution < 1.29 is 32.2 Å². The molecular formula is C28H24F3NO5.